The Hall–Kier alpha value is -3.22. The van der Waals surface area contributed by atoms with Crippen LogP contribution in [-0.4, -0.2) is 28.1 Å². The average Bonchev–Trinajstić information content (AvgIpc) is 3.28. The van der Waals surface area contributed by atoms with Gasteiger partial charge in [-0.1, -0.05) is 48.5 Å². The molecular formula is C27H28FNO4. The first-order chi connectivity index (χ1) is 15.8. The molecule has 0 saturated carbocycles. The van der Waals surface area contributed by atoms with Gasteiger partial charge in [-0.2, -0.15) is 0 Å². The van der Waals surface area contributed by atoms with Crippen molar-refractivity contribution in [2.45, 2.75) is 46.0 Å². The largest absolute Gasteiger partial charge is 0.488 e. The number of aliphatic hydroxyl groups is 1. The number of rotatable bonds is 7. The van der Waals surface area contributed by atoms with E-state index < -0.39 is 17.3 Å². The predicted octanol–water partition coefficient (Wildman–Crippen LogP) is 5.02. The molecule has 172 valence electrons. The quantitative estimate of drug-likeness (QED) is 0.406. The molecule has 0 amide bonds. The lowest BCUT2D eigenvalue weighted by Crippen LogP contribution is -2.43. The number of carbonyl (C=O) groups is 1. The van der Waals surface area contributed by atoms with Gasteiger partial charge in [-0.3, -0.25) is 4.90 Å². The van der Waals surface area contributed by atoms with Crippen LogP contribution in [0.3, 0.4) is 0 Å². The average molecular weight is 450 g/mol. The summed E-state index contributed by atoms with van der Waals surface area (Å²) in [4.78, 5) is 15.2. The van der Waals surface area contributed by atoms with Gasteiger partial charge >= 0.3 is 5.97 Å². The minimum atomic E-state index is -0.664. The molecule has 0 atom stereocenters. The molecule has 1 aliphatic heterocycles. The number of benzene rings is 3. The van der Waals surface area contributed by atoms with Gasteiger partial charge in [-0.15, -0.1) is 0 Å². The monoisotopic (exact) mass is 449 g/mol. The highest BCUT2D eigenvalue weighted by Crippen LogP contribution is 2.41. The van der Waals surface area contributed by atoms with Gasteiger partial charge < -0.3 is 14.6 Å². The van der Waals surface area contributed by atoms with Crippen LogP contribution in [0.25, 0.3) is 0 Å². The molecule has 0 aliphatic carbocycles. The number of fused-ring (bicyclic) bond motifs is 1. The van der Waals surface area contributed by atoms with Crippen LogP contribution >= 0.6 is 0 Å². The van der Waals surface area contributed by atoms with Crippen molar-refractivity contribution in [3.63, 3.8) is 0 Å². The maximum absolute atomic E-state index is 15.5. The molecule has 6 heteroatoms. The number of hydrogen-bond donors (Lipinski definition) is 1. The Labute approximate surface area is 193 Å². The van der Waals surface area contributed by atoms with E-state index in [-0.39, 0.29) is 24.3 Å². The zero-order valence-electron chi connectivity index (χ0n) is 19.1. The molecule has 5 nitrogen and oxygen atoms in total. The van der Waals surface area contributed by atoms with Crippen LogP contribution < -0.4 is 9.47 Å². The highest BCUT2D eigenvalue weighted by molar-refractivity contribution is 5.96. The number of esters is 1. The number of para-hydroxylation sites is 1. The van der Waals surface area contributed by atoms with E-state index in [4.69, 9.17) is 9.47 Å². The van der Waals surface area contributed by atoms with Gasteiger partial charge in [0, 0.05) is 35.3 Å². The highest BCUT2D eigenvalue weighted by atomic mass is 19.1. The van der Waals surface area contributed by atoms with Crippen molar-refractivity contribution in [3.05, 3.63) is 94.3 Å². The number of halogens is 1. The van der Waals surface area contributed by atoms with Crippen molar-refractivity contribution in [2.24, 2.45) is 0 Å². The normalized spacial score (nSPS) is 13.6. The molecular weight excluding hydrogens is 421 g/mol. The Morgan fingerprint density at radius 1 is 1.03 bits per heavy atom. The fourth-order valence-electron chi connectivity index (χ4n) is 4.01. The van der Waals surface area contributed by atoms with Crippen LogP contribution in [-0.2, 0) is 19.7 Å². The summed E-state index contributed by atoms with van der Waals surface area (Å²) in [7, 11) is 0. The summed E-state index contributed by atoms with van der Waals surface area (Å²) >= 11 is 0. The maximum atomic E-state index is 15.5. The molecule has 0 saturated heterocycles. The van der Waals surface area contributed by atoms with E-state index in [9.17, 15) is 9.90 Å². The third kappa shape index (κ3) is 4.63. The second kappa shape index (κ2) is 9.33. The van der Waals surface area contributed by atoms with Gasteiger partial charge in [0.25, 0.3) is 0 Å². The van der Waals surface area contributed by atoms with E-state index in [2.05, 4.69) is 0 Å². The number of nitrogens with zero attached hydrogens (tertiary/aromatic N) is 1. The van der Waals surface area contributed by atoms with Gasteiger partial charge in [0.2, 0.25) is 0 Å². The molecule has 4 rings (SSSR count). The Morgan fingerprint density at radius 2 is 1.64 bits per heavy atom. The van der Waals surface area contributed by atoms with Crippen molar-refractivity contribution >= 4 is 5.97 Å². The first-order valence-corrected chi connectivity index (χ1v) is 11.0. The first kappa shape index (κ1) is 23.0. The summed E-state index contributed by atoms with van der Waals surface area (Å²) in [5.41, 5.74) is 1.78. The zero-order valence-corrected chi connectivity index (χ0v) is 19.1. The molecule has 0 bridgehead atoms. The summed E-state index contributed by atoms with van der Waals surface area (Å²) in [6, 6.07) is 18.3. The lowest BCUT2D eigenvalue weighted by atomic mass is 9.98. The van der Waals surface area contributed by atoms with E-state index in [0.29, 0.717) is 35.7 Å². The predicted molar refractivity (Wildman–Crippen MR) is 124 cm³/mol. The molecule has 0 radical (unpaired) electrons. The third-order valence-electron chi connectivity index (χ3n) is 6.16. The van der Waals surface area contributed by atoms with Crippen LogP contribution in [0.4, 0.5) is 4.39 Å². The molecule has 3 aromatic rings. The fourth-order valence-corrected chi connectivity index (χ4v) is 4.01. The fraction of sp³-hybridized carbons (Fsp3) is 0.296. The minimum Gasteiger partial charge on any atom is -0.488 e. The Morgan fingerprint density at radius 3 is 2.27 bits per heavy atom. The smallest absolute Gasteiger partial charge is 0.347 e. The third-order valence-corrected chi connectivity index (χ3v) is 6.16. The molecule has 3 aromatic carbocycles. The SMILES string of the molecule is Cc1c(F)c2c(c(OCc3ccccc3)c1C(=O)Oc1ccccc1)CN(C(C)(C)CO)C2. The Kier molecular flexibility index (Phi) is 6.49. The maximum Gasteiger partial charge on any atom is 0.347 e. The van der Waals surface area contributed by atoms with E-state index in [1.54, 1.807) is 31.2 Å². The van der Waals surface area contributed by atoms with Crippen molar-refractivity contribution in [3.8, 4) is 11.5 Å². The summed E-state index contributed by atoms with van der Waals surface area (Å²) in [5, 5.41) is 9.84. The number of hydrogen-bond acceptors (Lipinski definition) is 5. The van der Waals surface area contributed by atoms with Gasteiger partial charge in [-0.05, 0) is 38.5 Å². The highest BCUT2D eigenvalue weighted by Gasteiger charge is 2.38. The van der Waals surface area contributed by atoms with E-state index in [1.165, 1.54) is 0 Å². The van der Waals surface area contributed by atoms with Crippen molar-refractivity contribution in [2.75, 3.05) is 6.61 Å². The second-order valence-electron chi connectivity index (χ2n) is 8.90. The lowest BCUT2D eigenvalue weighted by molar-refractivity contribution is 0.0537. The molecule has 0 unspecified atom stereocenters. The van der Waals surface area contributed by atoms with Crippen LogP contribution in [0.2, 0.25) is 0 Å². The van der Waals surface area contributed by atoms with Crippen molar-refractivity contribution < 1.29 is 23.8 Å². The molecule has 1 N–H and O–H groups in total. The first-order valence-electron chi connectivity index (χ1n) is 11.0. The number of ether oxygens (including phenoxy) is 2. The van der Waals surface area contributed by atoms with Gasteiger partial charge in [-0.25, -0.2) is 9.18 Å². The van der Waals surface area contributed by atoms with Gasteiger partial charge in [0.15, 0.2) is 0 Å². The minimum absolute atomic E-state index is 0.0787. The van der Waals surface area contributed by atoms with Crippen LogP contribution in [0.5, 0.6) is 11.5 Å². The topological polar surface area (TPSA) is 59.0 Å². The Bertz CT molecular complexity index is 1150. The van der Waals surface area contributed by atoms with Crippen LogP contribution in [0, 0.1) is 12.7 Å². The molecule has 33 heavy (non-hydrogen) atoms. The zero-order chi connectivity index (χ0) is 23.6. The molecule has 1 heterocycles. The molecule has 0 fully saturated rings. The van der Waals surface area contributed by atoms with Gasteiger partial charge in [0.1, 0.15) is 29.5 Å². The van der Waals surface area contributed by atoms with Crippen LogP contribution in [0.15, 0.2) is 60.7 Å². The summed E-state index contributed by atoms with van der Waals surface area (Å²) in [6.45, 7) is 6.21. The van der Waals surface area contributed by atoms with E-state index in [1.807, 2.05) is 55.1 Å². The van der Waals surface area contributed by atoms with E-state index in [0.717, 1.165) is 5.56 Å². The molecule has 0 spiro atoms. The number of aliphatic hydroxyl groups excluding tert-OH is 1. The summed E-state index contributed by atoms with van der Waals surface area (Å²) in [6.07, 6.45) is 0. The molecule has 0 aromatic heterocycles. The lowest BCUT2D eigenvalue weighted by Gasteiger charge is -2.33. The molecule has 1 aliphatic rings. The Balaban J connectivity index is 1.77. The number of carbonyl (C=O) groups excluding carboxylic acids is 1. The van der Waals surface area contributed by atoms with Crippen LogP contribution in [0.1, 0.15) is 46.5 Å². The van der Waals surface area contributed by atoms with Crippen molar-refractivity contribution in [1.82, 2.24) is 4.90 Å². The van der Waals surface area contributed by atoms with E-state index >= 15 is 4.39 Å². The summed E-state index contributed by atoms with van der Waals surface area (Å²) in [5.74, 6) is -0.388. The van der Waals surface area contributed by atoms with Gasteiger partial charge in [0.05, 0.1) is 6.61 Å². The summed E-state index contributed by atoms with van der Waals surface area (Å²) < 4.78 is 27.3. The van der Waals surface area contributed by atoms with Crippen molar-refractivity contribution in [1.29, 1.82) is 0 Å². The standard InChI is InChI=1S/C27H28FNO4/c1-18-23(26(31)33-20-12-8-5-9-13-20)25(32-16-19-10-6-4-7-11-19)22-15-29(27(2,3)17-30)14-21(22)24(18)28/h4-13,30H,14-17H2,1-3H3. The second-order valence-corrected chi connectivity index (χ2v) is 8.90.